The standard InChI is InChI=1S/C22H22Br2N4O3S/c1-5-8-31-21-18(23)10-16(11-19(21)24)20(12-27(29)30)32-22-26-25-15(4)28(22)17-7-6-13(2)14(3)9-17/h5-7,9-11,20H,1,8,12H2,2-4H3/t20-/m1/s1. The highest BCUT2D eigenvalue weighted by atomic mass is 79.9. The summed E-state index contributed by atoms with van der Waals surface area (Å²) in [7, 11) is 0. The number of aryl methyl sites for hydroxylation is 3. The zero-order valence-corrected chi connectivity index (χ0v) is 21.8. The van der Waals surface area contributed by atoms with Crippen molar-refractivity contribution in [1.29, 1.82) is 0 Å². The fourth-order valence-electron chi connectivity index (χ4n) is 3.10. The topological polar surface area (TPSA) is 83.1 Å². The van der Waals surface area contributed by atoms with Gasteiger partial charge in [0, 0.05) is 10.6 Å². The molecule has 3 rings (SSSR count). The maximum absolute atomic E-state index is 11.5. The second kappa shape index (κ2) is 10.6. The van der Waals surface area contributed by atoms with Crippen LogP contribution in [0, 0.1) is 30.9 Å². The molecule has 7 nitrogen and oxygen atoms in total. The van der Waals surface area contributed by atoms with Gasteiger partial charge in [-0.2, -0.15) is 0 Å². The van der Waals surface area contributed by atoms with Crippen LogP contribution in [0.5, 0.6) is 5.75 Å². The Balaban J connectivity index is 2.00. The lowest BCUT2D eigenvalue weighted by Gasteiger charge is -2.17. The molecule has 32 heavy (non-hydrogen) atoms. The molecule has 0 amide bonds. The van der Waals surface area contributed by atoms with Gasteiger partial charge in [-0.05, 0) is 93.6 Å². The zero-order chi connectivity index (χ0) is 23.4. The molecular formula is C22H22Br2N4O3S. The van der Waals surface area contributed by atoms with E-state index in [1.165, 1.54) is 17.3 Å². The van der Waals surface area contributed by atoms with Crippen LogP contribution in [0.25, 0.3) is 5.69 Å². The molecule has 168 valence electrons. The first-order valence-electron chi connectivity index (χ1n) is 9.72. The average molecular weight is 582 g/mol. The van der Waals surface area contributed by atoms with Crippen molar-refractivity contribution in [2.45, 2.75) is 31.2 Å². The minimum atomic E-state index is -0.486. The molecule has 0 fully saturated rings. The molecule has 2 aromatic carbocycles. The van der Waals surface area contributed by atoms with Crippen molar-refractivity contribution >= 4 is 43.6 Å². The van der Waals surface area contributed by atoms with E-state index >= 15 is 0 Å². The first-order chi connectivity index (χ1) is 15.2. The van der Waals surface area contributed by atoms with Crippen molar-refractivity contribution in [1.82, 2.24) is 14.8 Å². The molecular weight excluding hydrogens is 560 g/mol. The van der Waals surface area contributed by atoms with E-state index in [1.54, 1.807) is 6.08 Å². The molecule has 0 aliphatic carbocycles. The summed E-state index contributed by atoms with van der Waals surface area (Å²) in [5.41, 5.74) is 4.03. The highest BCUT2D eigenvalue weighted by molar-refractivity contribution is 9.11. The molecule has 1 atom stereocenters. The average Bonchev–Trinajstić information content (AvgIpc) is 3.08. The fraction of sp³-hybridized carbons (Fsp3) is 0.273. The van der Waals surface area contributed by atoms with Crippen LogP contribution in [0.4, 0.5) is 0 Å². The number of thioether (sulfide) groups is 1. The van der Waals surface area contributed by atoms with Crippen molar-refractivity contribution in [3.05, 3.63) is 84.6 Å². The largest absolute Gasteiger partial charge is 0.487 e. The maximum Gasteiger partial charge on any atom is 0.220 e. The van der Waals surface area contributed by atoms with Crippen LogP contribution in [0.15, 0.2) is 57.1 Å². The number of benzene rings is 2. The van der Waals surface area contributed by atoms with E-state index in [2.05, 4.69) is 61.6 Å². The Hall–Kier alpha value is -2.17. The minimum Gasteiger partial charge on any atom is -0.487 e. The first kappa shape index (κ1) is 24.5. The van der Waals surface area contributed by atoms with Crippen molar-refractivity contribution in [3.63, 3.8) is 0 Å². The van der Waals surface area contributed by atoms with Crippen LogP contribution in [0.3, 0.4) is 0 Å². The van der Waals surface area contributed by atoms with E-state index in [-0.39, 0.29) is 11.5 Å². The van der Waals surface area contributed by atoms with Crippen molar-refractivity contribution in [2.24, 2.45) is 0 Å². The third-order valence-corrected chi connectivity index (χ3v) is 7.20. The number of ether oxygens (including phenoxy) is 1. The van der Waals surface area contributed by atoms with Crippen LogP contribution < -0.4 is 4.74 Å². The Kier molecular flexibility index (Phi) is 8.13. The second-order valence-electron chi connectivity index (χ2n) is 7.17. The van der Waals surface area contributed by atoms with E-state index < -0.39 is 5.25 Å². The summed E-state index contributed by atoms with van der Waals surface area (Å²) in [5.74, 6) is 1.33. The lowest BCUT2D eigenvalue weighted by molar-refractivity contribution is -0.479. The van der Waals surface area contributed by atoms with Gasteiger partial charge in [-0.1, -0.05) is 30.5 Å². The summed E-state index contributed by atoms with van der Waals surface area (Å²) < 4.78 is 9.00. The lowest BCUT2D eigenvalue weighted by Crippen LogP contribution is -2.11. The SMILES string of the molecule is C=CCOc1c(Br)cc([C@@H](C[N+](=O)[O-])Sc2nnc(C)n2-c2ccc(C)c(C)c2)cc1Br. The van der Waals surface area contributed by atoms with E-state index in [0.717, 1.165) is 16.8 Å². The quantitative estimate of drug-likeness (QED) is 0.126. The Morgan fingerprint density at radius 3 is 2.47 bits per heavy atom. The van der Waals surface area contributed by atoms with Crippen LogP contribution in [-0.2, 0) is 0 Å². The van der Waals surface area contributed by atoms with Crippen LogP contribution in [-0.4, -0.2) is 32.8 Å². The summed E-state index contributed by atoms with van der Waals surface area (Å²) in [4.78, 5) is 11.2. The molecule has 0 saturated heterocycles. The predicted molar refractivity (Wildman–Crippen MR) is 134 cm³/mol. The molecule has 0 bridgehead atoms. The zero-order valence-electron chi connectivity index (χ0n) is 17.8. The predicted octanol–water partition coefficient (Wildman–Crippen LogP) is 6.39. The number of halogens is 2. The molecule has 0 aliphatic heterocycles. The van der Waals surface area contributed by atoms with Gasteiger partial charge >= 0.3 is 0 Å². The van der Waals surface area contributed by atoms with Crippen molar-refractivity contribution < 1.29 is 9.66 Å². The van der Waals surface area contributed by atoms with E-state index in [4.69, 9.17) is 4.74 Å². The summed E-state index contributed by atoms with van der Waals surface area (Å²) in [6.07, 6.45) is 1.65. The van der Waals surface area contributed by atoms with Crippen LogP contribution in [0.1, 0.15) is 27.8 Å². The minimum absolute atomic E-state index is 0.269. The van der Waals surface area contributed by atoms with Gasteiger partial charge in [-0.25, -0.2) is 0 Å². The highest BCUT2D eigenvalue weighted by Gasteiger charge is 2.25. The molecule has 0 radical (unpaired) electrons. The van der Waals surface area contributed by atoms with Gasteiger partial charge in [0.1, 0.15) is 23.4 Å². The summed E-state index contributed by atoms with van der Waals surface area (Å²) in [5, 5.41) is 20.1. The smallest absolute Gasteiger partial charge is 0.220 e. The maximum atomic E-state index is 11.5. The third-order valence-electron chi connectivity index (χ3n) is 4.84. The number of nitro groups is 1. The Morgan fingerprint density at radius 1 is 1.19 bits per heavy atom. The highest BCUT2D eigenvalue weighted by Crippen LogP contribution is 2.42. The Morgan fingerprint density at radius 2 is 1.88 bits per heavy atom. The normalized spacial score (nSPS) is 11.9. The van der Waals surface area contributed by atoms with E-state index in [9.17, 15) is 10.1 Å². The van der Waals surface area contributed by atoms with Gasteiger partial charge in [-0.15, -0.1) is 10.2 Å². The molecule has 1 heterocycles. The lowest BCUT2D eigenvalue weighted by atomic mass is 10.1. The molecule has 0 aliphatic rings. The number of hydrogen-bond acceptors (Lipinski definition) is 6. The number of rotatable bonds is 9. The summed E-state index contributed by atoms with van der Waals surface area (Å²) >= 11 is 8.35. The number of hydrogen-bond donors (Lipinski definition) is 0. The Labute approximate surface area is 207 Å². The second-order valence-corrected chi connectivity index (χ2v) is 10.0. The van der Waals surface area contributed by atoms with Crippen LogP contribution >= 0.6 is 43.6 Å². The van der Waals surface area contributed by atoms with E-state index in [0.29, 0.717) is 32.3 Å². The Bertz CT molecular complexity index is 1140. The number of aromatic nitrogens is 3. The molecule has 1 aromatic heterocycles. The third kappa shape index (κ3) is 5.60. The molecule has 0 saturated carbocycles. The van der Waals surface area contributed by atoms with Gasteiger partial charge in [0.2, 0.25) is 6.54 Å². The molecule has 0 N–H and O–H groups in total. The molecule has 0 spiro atoms. The fourth-order valence-corrected chi connectivity index (χ4v) is 5.70. The molecule has 0 unspecified atom stereocenters. The van der Waals surface area contributed by atoms with E-state index in [1.807, 2.05) is 42.7 Å². The first-order valence-corrected chi connectivity index (χ1v) is 12.2. The number of nitrogens with zero attached hydrogens (tertiary/aromatic N) is 4. The monoisotopic (exact) mass is 580 g/mol. The van der Waals surface area contributed by atoms with Gasteiger partial charge in [0.15, 0.2) is 5.16 Å². The summed E-state index contributed by atoms with van der Waals surface area (Å²) in [6.45, 7) is 9.71. The molecule has 3 aromatic rings. The van der Waals surface area contributed by atoms with Crippen molar-refractivity contribution in [3.8, 4) is 11.4 Å². The van der Waals surface area contributed by atoms with Gasteiger partial charge in [0.25, 0.3) is 0 Å². The van der Waals surface area contributed by atoms with Crippen LogP contribution in [0.2, 0.25) is 0 Å². The summed E-state index contributed by atoms with van der Waals surface area (Å²) in [6, 6.07) is 9.80. The van der Waals surface area contributed by atoms with Crippen molar-refractivity contribution in [2.75, 3.05) is 13.2 Å². The van der Waals surface area contributed by atoms with Gasteiger partial charge in [0.05, 0.1) is 8.95 Å². The van der Waals surface area contributed by atoms with Gasteiger partial charge in [-0.3, -0.25) is 14.7 Å². The molecule has 10 heteroatoms. The van der Waals surface area contributed by atoms with Gasteiger partial charge < -0.3 is 4.74 Å².